The van der Waals surface area contributed by atoms with Gasteiger partial charge in [0.2, 0.25) is 29.9 Å². The zero-order valence-corrected chi connectivity index (χ0v) is 23.2. The molecule has 1 saturated carbocycles. The fourth-order valence-corrected chi connectivity index (χ4v) is 6.96. The Morgan fingerprint density at radius 3 is 2.55 bits per heavy atom. The minimum absolute atomic E-state index is 0.0386. The summed E-state index contributed by atoms with van der Waals surface area (Å²) in [5, 5.41) is 7.83. The van der Waals surface area contributed by atoms with Gasteiger partial charge in [0.25, 0.3) is 0 Å². The lowest BCUT2D eigenvalue weighted by atomic mass is 9.80. The maximum Gasteiger partial charge on any atom is 0.245 e. The highest BCUT2D eigenvalue weighted by Crippen LogP contribution is 2.32. The van der Waals surface area contributed by atoms with Gasteiger partial charge in [0.1, 0.15) is 12.1 Å². The van der Waals surface area contributed by atoms with E-state index in [4.69, 9.17) is 0 Å². The first kappa shape index (κ1) is 27.9. The van der Waals surface area contributed by atoms with Gasteiger partial charge in [-0.2, -0.15) is 0 Å². The monoisotopic (exact) mass is 565 g/mol. The number of aryl methyl sites for hydroxylation is 1. The fourth-order valence-electron chi connectivity index (χ4n) is 6.34. The van der Waals surface area contributed by atoms with E-state index in [-0.39, 0.29) is 36.1 Å². The van der Waals surface area contributed by atoms with Gasteiger partial charge in [0, 0.05) is 24.2 Å². The lowest BCUT2D eigenvalue weighted by Gasteiger charge is -2.39. The molecule has 3 aliphatic rings. The third-order valence-electron chi connectivity index (χ3n) is 8.41. The molecule has 3 atom stereocenters. The number of thiazole rings is 1. The summed E-state index contributed by atoms with van der Waals surface area (Å²) in [6.45, 7) is 0.454. The van der Waals surface area contributed by atoms with Crippen LogP contribution in [0.3, 0.4) is 0 Å². The second kappa shape index (κ2) is 12.7. The number of ketones is 1. The van der Waals surface area contributed by atoms with Gasteiger partial charge in [-0.05, 0) is 62.8 Å². The SMILES string of the molecule is O=CNC1CCC(C(NC(=O)C2CCC3C(=O)N(CCCc4ccccc4)CC(=O)N23)C(=O)c2nccs2)CC1. The summed E-state index contributed by atoms with van der Waals surface area (Å²) < 4.78 is 0. The number of benzene rings is 1. The molecule has 0 radical (unpaired) electrons. The molecule has 3 heterocycles. The van der Waals surface area contributed by atoms with Crippen LogP contribution in [0.15, 0.2) is 41.9 Å². The number of amides is 4. The number of piperazine rings is 1. The first-order chi connectivity index (χ1) is 19.5. The number of nitrogens with one attached hydrogen (secondary N) is 2. The maximum absolute atomic E-state index is 13.6. The van der Waals surface area contributed by atoms with E-state index in [0.29, 0.717) is 56.5 Å². The van der Waals surface area contributed by atoms with E-state index in [2.05, 4.69) is 15.6 Å². The Bertz CT molecular complexity index is 1210. The number of fused-ring (bicyclic) bond motifs is 1. The van der Waals surface area contributed by atoms with E-state index < -0.39 is 24.0 Å². The molecule has 2 N–H and O–H groups in total. The topological polar surface area (TPSA) is 129 Å². The number of carbonyl (C=O) groups excluding carboxylic acids is 5. The molecule has 4 amide bonds. The average Bonchev–Trinajstić information content (AvgIpc) is 3.67. The molecule has 1 aliphatic carbocycles. The molecule has 2 aromatic rings. The normalized spacial score (nSPS) is 25.3. The molecule has 2 saturated heterocycles. The minimum Gasteiger partial charge on any atom is -0.356 e. The average molecular weight is 566 g/mol. The fraction of sp³-hybridized carbons (Fsp3) is 0.517. The lowest BCUT2D eigenvalue weighted by Crippen LogP contribution is -2.62. The van der Waals surface area contributed by atoms with Gasteiger partial charge in [-0.15, -0.1) is 11.3 Å². The van der Waals surface area contributed by atoms with E-state index in [1.54, 1.807) is 16.5 Å². The van der Waals surface area contributed by atoms with Crippen LogP contribution in [0.2, 0.25) is 0 Å². The second-order valence-corrected chi connectivity index (χ2v) is 11.7. The molecule has 1 aromatic heterocycles. The summed E-state index contributed by atoms with van der Waals surface area (Å²) in [7, 11) is 0. The highest BCUT2D eigenvalue weighted by molar-refractivity contribution is 7.11. The zero-order chi connectivity index (χ0) is 28.1. The summed E-state index contributed by atoms with van der Waals surface area (Å²) in [5.41, 5.74) is 1.19. The van der Waals surface area contributed by atoms with Crippen LogP contribution >= 0.6 is 11.3 Å². The Labute approximate surface area is 237 Å². The van der Waals surface area contributed by atoms with E-state index >= 15 is 0 Å². The van der Waals surface area contributed by atoms with Crippen LogP contribution in [-0.4, -0.2) is 82.0 Å². The molecule has 5 rings (SSSR count). The summed E-state index contributed by atoms with van der Waals surface area (Å²) in [6.07, 6.45) is 7.39. The molecule has 1 aromatic carbocycles. The number of aromatic nitrogens is 1. The van der Waals surface area contributed by atoms with Gasteiger partial charge in [-0.1, -0.05) is 30.3 Å². The largest absolute Gasteiger partial charge is 0.356 e. The van der Waals surface area contributed by atoms with Gasteiger partial charge < -0.3 is 20.4 Å². The van der Waals surface area contributed by atoms with Crippen molar-refractivity contribution < 1.29 is 24.0 Å². The van der Waals surface area contributed by atoms with Crippen LogP contribution in [0.25, 0.3) is 0 Å². The number of hydrogen-bond donors (Lipinski definition) is 2. The van der Waals surface area contributed by atoms with Gasteiger partial charge >= 0.3 is 0 Å². The maximum atomic E-state index is 13.6. The quantitative estimate of drug-likeness (QED) is 0.317. The Morgan fingerprint density at radius 2 is 1.85 bits per heavy atom. The Morgan fingerprint density at radius 1 is 1.07 bits per heavy atom. The number of Topliss-reactive ketones (excluding diaryl/α,β-unsaturated/α-hetero) is 1. The van der Waals surface area contributed by atoms with Crippen molar-refractivity contribution in [1.29, 1.82) is 0 Å². The Hall–Kier alpha value is -3.60. The Kier molecular flexibility index (Phi) is 8.88. The standard InChI is InChI=1S/C29H35N5O5S/c35-18-31-21-10-8-20(9-11-21)25(26(37)28-30-14-16-40-28)32-27(38)22-12-13-23-29(39)33(17-24(36)34(22)23)15-4-7-19-5-2-1-3-6-19/h1-3,5-6,14,16,18,20-23,25H,4,7-13,15,17H2,(H,31,35)(H,32,38). The van der Waals surface area contributed by atoms with Crippen LogP contribution in [0.1, 0.15) is 60.3 Å². The first-order valence-electron chi connectivity index (χ1n) is 14.0. The summed E-state index contributed by atoms with van der Waals surface area (Å²) in [5.74, 6) is -1.09. The third-order valence-corrected chi connectivity index (χ3v) is 9.19. The summed E-state index contributed by atoms with van der Waals surface area (Å²) in [6, 6.07) is 7.88. The predicted molar refractivity (Wildman–Crippen MR) is 148 cm³/mol. The van der Waals surface area contributed by atoms with Crippen LogP contribution in [0.5, 0.6) is 0 Å². The lowest BCUT2D eigenvalue weighted by molar-refractivity contribution is -0.157. The van der Waals surface area contributed by atoms with Crippen molar-refractivity contribution in [2.75, 3.05) is 13.1 Å². The number of nitrogens with zero attached hydrogens (tertiary/aromatic N) is 3. The van der Waals surface area contributed by atoms with Gasteiger partial charge in [0.05, 0.1) is 12.6 Å². The minimum atomic E-state index is -0.785. The first-order valence-corrected chi connectivity index (χ1v) is 14.9. The molecule has 40 heavy (non-hydrogen) atoms. The van der Waals surface area contributed by atoms with Crippen LogP contribution in [0.4, 0.5) is 0 Å². The molecule has 11 heteroatoms. The molecule has 0 spiro atoms. The summed E-state index contributed by atoms with van der Waals surface area (Å²) in [4.78, 5) is 71.6. The van der Waals surface area contributed by atoms with Gasteiger partial charge in [-0.3, -0.25) is 24.0 Å². The number of rotatable bonds is 11. The molecular formula is C29H35N5O5S. The van der Waals surface area contributed by atoms with Crippen molar-refractivity contribution in [3.8, 4) is 0 Å². The highest BCUT2D eigenvalue weighted by Gasteiger charge is 2.49. The van der Waals surface area contributed by atoms with Crippen molar-refractivity contribution in [2.24, 2.45) is 5.92 Å². The third kappa shape index (κ3) is 6.09. The van der Waals surface area contributed by atoms with Crippen molar-refractivity contribution in [2.45, 2.75) is 75.5 Å². The van der Waals surface area contributed by atoms with E-state index in [1.807, 2.05) is 30.3 Å². The number of hydrogen-bond acceptors (Lipinski definition) is 7. The molecule has 0 bridgehead atoms. The van der Waals surface area contributed by atoms with Gasteiger partial charge in [-0.25, -0.2) is 4.98 Å². The van der Waals surface area contributed by atoms with Gasteiger partial charge in [0.15, 0.2) is 5.01 Å². The second-order valence-electron chi connectivity index (χ2n) is 10.8. The van der Waals surface area contributed by atoms with Crippen molar-refractivity contribution in [3.63, 3.8) is 0 Å². The van der Waals surface area contributed by atoms with Crippen molar-refractivity contribution in [1.82, 2.24) is 25.4 Å². The number of carbonyl (C=O) groups is 5. The van der Waals surface area contributed by atoms with E-state index in [1.165, 1.54) is 21.8 Å². The predicted octanol–water partition coefficient (Wildman–Crippen LogP) is 1.95. The van der Waals surface area contributed by atoms with Crippen LogP contribution in [0, 0.1) is 5.92 Å². The van der Waals surface area contributed by atoms with Crippen LogP contribution in [-0.2, 0) is 25.6 Å². The zero-order valence-electron chi connectivity index (χ0n) is 22.4. The molecule has 212 valence electrons. The molecule has 3 fully saturated rings. The van der Waals surface area contributed by atoms with Crippen LogP contribution < -0.4 is 10.6 Å². The van der Waals surface area contributed by atoms with Crippen molar-refractivity contribution >= 4 is 41.3 Å². The Balaban J connectivity index is 1.23. The van der Waals surface area contributed by atoms with E-state index in [0.717, 1.165) is 12.8 Å². The molecular weight excluding hydrogens is 530 g/mol. The smallest absolute Gasteiger partial charge is 0.245 e. The molecule has 10 nitrogen and oxygen atoms in total. The highest BCUT2D eigenvalue weighted by atomic mass is 32.1. The molecule has 3 unspecified atom stereocenters. The van der Waals surface area contributed by atoms with Crippen molar-refractivity contribution in [3.05, 3.63) is 52.5 Å². The molecule has 2 aliphatic heterocycles. The summed E-state index contributed by atoms with van der Waals surface area (Å²) >= 11 is 1.23. The van der Waals surface area contributed by atoms with E-state index in [9.17, 15) is 24.0 Å².